The van der Waals surface area contributed by atoms with Crippen molar-refractivity contribution in [2.75, 3.05) is 19.6 Å². The van der Waals surface area contributed by atoms with Crippen LogP contribution in [0.2, 0.25) is 0 Å². The number of piperidine rings is 1. The van der Waals surface area contributed by atoms with Gasteiger partial charge in [-0.05, 0) is 87.5 Å². The standard InChI is InChI=1S/C20H34N2O/c1-2-5-22-6-3-18(4-7-22)21-19(23)14-20-11-15-8-16(12-20)10-17(9-15)13-20/h15-18H,2-14H2,1H3,(H,21,23). The zero-order chi connectivity index (χ0) is 15.9. The van der Waals surface area contributed by atoms with Gasteiger partial charge in [0, 0.05) is 25.6 Å². The summed E-state index contributed by atoms with van der Waals surface area (Å²) in [6, 6.07) is 0.435. The van der Waals surface area contributed by atoms with Crippen LogP contribution >= 0.6 is 0 Å². The van der Waals surface area contributed by atoms with Crippen LogP contribution < -0.4 is 5.32 Å². The molecule has 1 heterocycles. The minimum absolute atomic E-state index is 0.362. The second-order valence-electron chi connectivity index (χ2n) is 9.28. The fraction of sp³-hybridized carbons (Fsp3) is 0.950. The quantitative estimate of drug-likeness (QED) is 0.840. The van der Waals surface area contributed by atoms with Gasteiger partial charge in [-0.3, -0.25) is 4.79 Å². The molecule has 0 aromatic heterocycles. The van der Waals surface area contributed by atoms with E-state index in [4.69, 9.17) is 0 Å². The molecule has 0 unspecified atom stereocenters. The molecule has 4 aliphatic carbocycles. The van der Waals surface area contributed by atoms with Crippen molar-refractivity contribution in [3.05, 3.63) is 0 Å². The van der Waals surface area contributed by atoms with Crippen LogP contribution in [-0.2, 0) is 4.79 Å². The van der Waals surface area contributed by atoms with Crippen molar-refractivity contribution in [2.45, 2.75) is 77.2 Å². The minimum Gasteiger partial charge on any atom is -0.353 e. The van der Waals surface area contributed by atoms with E-state index in [-0.39, 0.29) is 0 Å². The molecule has 0 spiro atoms. The van der Waals surface area contributed by atoms with Crippen LogP contribution in [0.4, 0.5) is 0 Å². The molecule has 5 aliphatic rings. The number of nitrogens with one attached hydrogen (secondary N) is 1. The minimum atomic E-state index is 0.362. The highest BCUT2D eigenvalue weighted by atomic mass is 16.1. The molecular weight excluding hydrogens is 284 g/mol. The first-order valence-corrected chi connectivity index (χ1v) is 10.2. The van der Waals surface area contributed by atoms with Gasteiger partial charge in [-0.2, -0.15) is 0 Å². The van der Waals surface area contributed by atoms with E-state index in [0.717, 1.165) is 50.1 Å². The number of carbonyl (C=O) groups is 1. The van der Waals surface area contributed by atoms with E-state index >= 15 is 0 Å². The number of nitrogens with zero attached hydrogens (tertiary/aromatic N) is 1. The van der Waals surface area contributed by atoms with Crippen LogP contribution in [0, 0.1) is 23.2 Å². The van der Waals surface area contributed by atoms with Gasteiger partial charge in [-0.15, -0.1) is 0 Å². The van der Waals surface area contributed by atoms with Crippen LogP contribution in [0.3, 0.4) is 0 Å². The van der Waals surface area contributed by atoms with E-state index in [1.165, 1.54) is 51.5 Å². The van der Waals surface area contributed by atoms with Crippen molar-refractivity contribution < 1.29 is 4.79 Å². The summed E-state index contributed by atoms with van der Waals surface area (Å²) in [6.45, 7) is 5.79. The van der Waals surface area contributed by atoms with Gasteiger partial charge in [0.1, 0.15) is 0 Å². The van der Waals surface area contributed by atoms with E-state index in [1.807, 2.05) is 0 Å². The molecule has 0 atom stereocenters. The van der Waals surface area contributed by atoms with Crippen molar-refractivity contribution in [1.82, 2.24) is 10.2 Å². The van der Waals surface area contributed by atoms with Gasteiger partial charge < -0.3 is 10.2 Å². The molecule has 1 N–H and O–H groups in total. The summed E-state index contributed by atoms with van der Waals surface area (Å²) in [6.07, 6.45) is 12.8. The summed E-state index contributed by atoms with van der Waals surface area (Å²) in [5, 5.41) is 3.39. The lowest BCUT2D eigenvalue weighted by Gasteiger charge is -2.56. The highest BCUT2D eigenvalue weighted by Gasteiger charge is 2.51. The van der Waals surface area contributed by atoms with Crippen LogP contribution in [0.1, 0.15) is 71.1 Å². The molecule has 5 rings (SSSR count). The van der Waals surface area contributed by atoms with Crippen LogP contribution in [0.5, 0.6) is 0 Å². The summed E-state index contributed by atoms with van der Waals surface area (Å²) in [5.41, 5.74) is 0.391. The SMILES string of the molecule is CCCN1CCC(NC(=O)CC23CC4CC(CC(C4)C2)C3)CC1. The summed E-state index contributed by atoms with van der Waals surface area (Å²) in [4.78, 5) is 15.2. The molecule has 1 aliphatic heterocycles. The smallest absolute Gasteiger partial charge is 0.220 e. The number of amides is 1. The Morgan fingerprint density at radius 1 is 1.04 bits per heavy atom. The first kappa shape index (κ1) is 15.9. The normalized spacial score (nSPS) is 40.5. The van der Waals surface area contributed by atoms with E-state index < -0.39 is 0 Å². The third kappa shape index (κ3) is 3.45. The lowest BCUT2D eigenvalue weighted by atomic mass is 9.49. The van der Waals surface area contributed by atoms with Crippen LogP contribution in [-0.4, -0.2) is 36.5 Å². The second kappa shape index (κ2) is 6.38. The van der Waals surface area contributed by atoms with E-state index in [0.29, 0.717) is 17.4 Å². The first-order chi connectivity index (χ1) is 11.1. The molecular formula is C20H34N2O. The summed E-state index contributed by atoms with van der Waals surface area (Å²) >= 11 is 0. The van der Waals surface area contributed by atoms with Gasteiger partial charge in [0.15, 0.2) is 0 Å². The number of hydrogen-bond acceptors (Lipinski definition) is 2. The predicted octanol–water partition coefficient (Wildman–Crippen LogP) is 3.58. The first-order valence-electron chi connectivity index (χ1n) is 10.2. The van der Waals surface area contributed by atoms with Crippen molar-refractivity contribution in [2.24, 2.45) is 23.2 Å². The predicted molar refractivity (Wildman–Crippen MR) is 93.1 cm³/mol. The zero-order valence-electron chi connectivity index (χ0n) is 14.9. The second-order valence-corrected chi connectivity index (χ2v) is 9.28. The molecule has 1 amide bonds. The maximum atomic E-state index is 12.7. The Morgan fingerprint density at radius 2 is 1.61 bits per heavy atom. The van der Waals surface area contributed by atoms with Gasteiger partial charge in [0.05, 0.1) is 0 Å². The number of carbonyl (C=O) groups excluding carboxylic acids is 1. The Morgan fingerprint density at radius 3 is 2.13 bits per heavy atom. The molecule has 0 aromatic carbocycles. The van der Waals surface area contributed by atoms with E-state index in [2.05, 4.69) is 17.1 Å². The van der Waals surface area contributed by atoms with E-state index in [1.54, 1.807) is 0 Å². The maximum Gasteiger partial charge on any atom is 0.220 e. The average Bonchev–Trinajstić information content (AvgIpc) is 2.47. The summed E-state index contributed by atoms with van der Waals surface area (Å²) < 4.78 is 0. The average molecular weight is 319 g/mol. The van der Waals surface area contributed by atoms with Gasteiger partial charge in [-0.1, -0.05) is 6.92 Å². The Hall–Kier alpha value is -0.570. The van der Waals surface area contributed by atoms with Gasteiger partial charge >= 0.3 is 0 Å². The highest BCUT2D eigenvalue weighted by molar-refractivity contribution is 5.77. The number of likely N-dealkylation sites (tertiary alicyclic amines) is 1. The fourth-order valence-corrected chi connectivity index (χ4v) is 6.74. The van der Waals surface area contributed by atoms with Crippen molar-refractivity contribution in [3.63, 3.8) is 0 Å². The Labute approximate surface area is 141 Å². The molecule has 5 fully saturated rings. The molecule has 3 nitrogen and oxygen atoms in total. The van der Waals surface area contributed by atoms with Crippen molar-refractivity contribution in [3.8, 4) is 0 Å². The Bertz CT molecular complexity index is 404. The van der Waals surface area contributed by atoms with Crippen molar-refractivity contribution in [1.29, 1.82) is 0 Å². The Balaban J connectivity index is 1.28. The summed E-state index contributed by atoms with van der Waals surface area (Å²) in [5.74, 6) is 3.21. The van der Waals surface area contributed by atoms with Crippen LogP contribution in [0.15, 0.2) is 0 Å². The number of hydrogen-bond donors (Lipinski definition) is 1. The lowest BCUT2D eigenvalue weighted by Crippen LogP contribution is -2.50. The van der Waals surface area contributed by atoms with E-state index in [9.17, 15) is 4.79 Å². The fourth-order valence-electron chi connectivity index (χ4n) is 6.74. The lowest BCUT2D eigenvalue weighted by molar-refractivity contribution is -0.130. The third-order valence-electron chi connectivity index (χ3n) is 7.19. The maximum absolute atomic E-state index is 12.7. The van der Waals surface area contributed by atoms with Gasteiger partial charge in [0.25, 0.3) is 0 Å². The molecule has 23 heavy (non-hydrogen) atoms. The summed E-state index contributed by atoms with van der Waals surface area (Å²) in [7, 11) is 0. The van der Waals surface area contributed by atoms with Gasteiger partial charge in [-0.25, -0.2) is 0 Å². The topological polar surface area (TPSA) is 32.3 Å². The largest absolute Gasteiger partial charge is 0.353 e. The monoisotopic (exact) mass is 318 g/mol. The molecule has 4 saturated carbocycles. The highest BCUT2D eigenvalue weighted by Crippen LogP contribution is 2.61. The zero-order valence-corrected chi connectivity index (χ0v) is 14.9. The van der Waals surface area contributed by atoms with Gasteiger partial charge in [0.2, 0.25) is 5.91 Å². The molecule has 0 aromatic rings. The molecule has 1 saturated heterocycles. The molecule has 4 bridgehead atoms. The third-order valence-corrected chi connectivity index (χ3v) is 7.19. The van der Waals surface area contributed by atoms with Crippen molar-refractivity contribution >= 4 is 5.91 Å². The van der Waals surface area contributed by atoms with Crippen LogP contribution in [0.25, 0.3) is 0 Å². The Kier molecular flexibility index (Phi) is 4.42. The molecule has 0 radical (unpaired) electrons. The molecule has 3 heteroatoms. The number of rotatable bonds is 5. The molecule has 130 valence electrons.